The van der Waals surface area contributed by atoms with Crippen LogP contribution in [0.25, 0.3) is 16.8 Å². The number of imidazole rings is 2. The number of allylic oxidation sites excluding steroid dienone is 1. The number of nitriles is 1. The highest BCUT2D eigenvalue weighted by Crippen LogP contribution is 2.54. The summed E-state index contributed by atoms with van der Waals surface area (Å²) in [5.74, 6) is -1.12. The van der Waals surface area contributed by atoms with Gasteiger partial charge in [0.2, 0.25) is 17.5 Å². The lowest BCUT2D eigenvalue weighted by Gasteiger charge is -2.22. The van der Waals surface area contributed by atoms with Crippen LogP contribution in [-0.4, -0.2) is 100 Å². The molecule has 2 aliphatic rings. The van der Waals surface area contributed by atoms with Crippen molar-refractivity contribution in [1.82, 2.24) is 38.7 Å². The molecule has 1 amide bonds. The molecule has 4 aromatic rings. The topological polar surface area (TPSA) is 261 Å². The number of H-pyrrole nitrogens is 1. The van der Waals surface area contributed by atoms with Crippen LogP contribution in [0.3, 0.4) is 0 Å². The maximum Gasteiger partial charge on any atom is 0.386 e. The van der Waals surface area contributed by atoms with Gasteiger partial charge in [-0.25, -0.2) is 19.0 Å². The maximum atomic E-state index is 13.4. The van der Waals surface area contributed by atoms with Crippen LogP contribution in [-0.2, 0) is 37.4 Å². The molecule has 0 aliphatic carbocycles. The first kappa shape index (κ1) is 41.1. The molecule has 24 heteroatoms. The van der Waals surface area contributed by atoms with Crippen LogP contribution in [0.2, 0.25) is 0 Å². The maximum absolute atomic E-state index is 13.4. The zero-order valence-electron chi connectivity index (χ0n) is 30.1. The Morgan fingerprint density at radius 3 is 2.71 bits per heavy atom. The number of carbonyl (C=O) groups excluding carboxylic acids is 1. The van der Waals surface area contributed by atoms with Crippen LogP contribution < -0.4 is 16.4 Å². The number of nitrogens with zero attached hydrogens (tertiary/aromatic N) is 8. The van der Waals surface area contributed by atoms with Crippen molar-refractivity contribution >= 4 is 65.3 Å². The Bertz CT molecular complexity index is 2300. The van der Waals surface area contributed by atoms with Crippen molar-refractivity contribution in [2.45, 2.75) is 64.2 Å². The largest absolute Gasteiger partial charge is 0.490 e. The number of fused-ring (bicyclic) bond motifs is 2. The van der Waals surface area contributed by atoms with E-state index < -0.39 is 55.1 Å². The van der Waals surface area contributed by atoms with Crippen molar-refractivity contribution in [3.05, 3.63) is 57.3 Å². The third-order valence-electron chi connectivity index (χ3n) is 8.91. The molecule has 6 atom stereocenters. The molecule has 2 aliphatic heterocycles. The number of aromatic nitrogens is 8. The molecule has 6 rings (SSSR count). The van der Waals surface area contributed by atoms with E-state index in [4.69, 9.17) is 45.5 Å². The standard InChI is InChI=1S/C32H39N10O11PS2/c1-18(2)29(44)38-32-37-27-26(30(45)39-32)35-16-40(27)24-5-4-20(52-24)13-51-54(47,56)50-12-19-10-25(41-17-36-42-8-7-34-28(42)31(41)46)53-22(19)14-49-23(15-55)21(11-43)48-9-3-6-33/h7-8,15-20,22,24-25,43H,3-5,9-14H2,1-2H3,(H,47,56)(H2,37,38,39,44,45)/b23-21-/t19?,20-,22?,24+,25+,54?/m0/s1. The fourth-order valence-corrected chi connectivity index (χ4v) is 7.39. The van der Waals surface area contributed by atoms with E-state index >= 15 is 0 Å². The van der Waals surface area contributed by atoms with E-state index in [1.165, 1.54) is 39.5 Å². The van der Waals surface area contributed by atoms with Gasteiger partial charge in [0.1, 0.15) is 38.6 Å². The summed E-state index contributed by atoms with van der Waals surface area (Å²) in [7, 11) is 0. The molecule has 0 spiro atoms. The Balaban J connectivity index is 1.09. The fraction of sp³-hybridized carbons (Fsp3) is 0.531. The third kappa shape index (κ3) is 9.52. The van der Waals surface area contributed by atoms with Crippen molar-refractivity contribution in [3.63, 3.8) is 0 Å². The van der Waals surface area contributed by atoms with Crippen molar-refractivity contribution in [2.75, 3.05) is 38.4 Å². The zero-order valence-corrected chi connectivity index (χ0v) is 32.7. The fourth-order valence-electron chi connectivity index (χ4n) is 5.98. The van der Waals surface area contributed by atoms with Gasteiger partial charge in [-0.2, -0.15) is 15.3 Å². The molecule has 0 bridgehead atoms. The summed E-state index contributed by atoms with van der Waals surface area (Å²) in [6.07, 6.45) is 4.27. The molecule has 0 aromatic carbocycles. The Labute approximate surface area is 328 Å². The Kier molecular flexibility index (Phi) is 13.3. The van der Waals surface area contributed by atoms with Gasteiger partial charge in [-0.15, -0.1) is 0 Å². The number of nitrogens with one attached hydrogen (secondary N) is 2. The number of ether oxygens (including phenoxy) is 4. The van der Waals surface area contributed by atoms with Crippen LogP contribution in [0.15, 0.2) is 46.2 Å². The monoisotopic (exact) mass is 834 g/mol. The SMILES string of the molecule is CC(C)C(=O)Nc1nc2c(ncn2[C@H]2CC[C@@H](COP(=O)(S)OCC3C[C@H](n4cnn5ccnc5c4=O)OC3CO/C(C=S)=C(/CO)OCCC#N)O2)c(=O)[nH]1. The van der Waals surface area contributed by atoms with E-state index in [-0.39, 0.29) is 85.4 Å². The molecule has 21 nitrogen and oxygen atoms in total. The summed E-state index contributed by atoms with van der Waals surface area (Å²) in [6.45, 7) is -1.58. The van der Waals surface area contributed by atoms with E-state index in [2.05, 4.69) is 42.6 Å². The van der Waals surface area contributed by atoms with Crippen molar-refractivity contribution in [2.24, 2.45) is 11.8 Å². The minimum absolute atomic E-state index is 0.00986. The first-order chi connectivity index (χ1) is 26.9. The molecular formula is C32H39N10O11PS2. The van der Waals surface area contributed by atoms with Gasteiger partial charge in [0.05, 0.1) is 44.2 Å². The quantitative estimate of drug-likeness (QED) is 0.0280. The number of carbonyl (C=O) groups is 1. The van der Waals surface area contributed by atoms with E-state index in [0.29, 0.717) is 12.8 Å². The van der Waals surface area contributed by atoms with Crippen LogP contribution >= 0.6 is 31.3 Å². The van der Waals surface area contributed by atoms with Gasteiger partial charge in [-0.05, 0) is 12.8 Å². The van der Waals surface area contributed by atoms with Gasteiger partial charge in [-0.1, -0.05) is 38.3 Å². The van der Waals surface area contributed by atoms with E-state index in [1.807, 2.05) is 6.07 Å². The van der Waals surface area contributed by atoms with Gasteiger partial charge in [0.25, 0.3) is 11.1 Å². The highest BCUT2D eigenvalue weighted by molar-refractivity contribution is 8.44. The highest BCUT2D eigenvalue weighted by atomic mass is 32.7. The highest BCUT2D eigenvalue weighted by Gasteiger charge is 2.40. The van der Waals surface area contributed by atoms with Crippen molar-refractivity contribution in [1.29, 1.82) is 5.26 Å². The van der Waals surface area contributed by atoms with Gasteiger partial charge >= 0.3 is 6.80 Å². The van der Waals surface area contributed by atoms with Crippen LogP contribution in [0, 0.1) is 23.2 Å². The number of thiocarbonyl (C=S) groups is 1. The van der Waals surface area contributed by atoms with Gasteiger partial charge in [-0.3, -0.25) is 38.3 Å². The molecule has 3 unspecified atom stereocenters. The molecule has 56 heavy (non-hydrogen) atoms. The first-order valence-electron chi connectivity index (χ1n) is 17.4. The summed E-state index contributed by atoms with van der Waals surface area (Å²) < 4.78 is 52.7. The number of rotatable bonds is 18. The predicted molar refractivity (Wildman–Crippen MR) is 202 cm³/mol. The second kappa shape index (κ2) is 18.2. The molecular weight excluding hydrogens is 796 g/mol. The Morgan fingerprint density at radius 1 is 1.16 bits per heavy atom. The van der Waals surface area contributed by atoms with Gasteiger partial charge in [0.15, 0.2) is 22.7 Å². The van der Waals surface area contributed by atoms with Crippen LogP contribution in [0.1, 0.15) is 52.0 Å². The second-order valence-corrected chi connectivity index (χ2v) is 16.2. The Hall–Kier alpha value is -4.53. The molecule has 0 saturated carbocycles. The second-order valence-electron chi connectivity index (χ2n) is 13.0. The molecule has 2 saturated heterocycles. The number of aromatic amines is 1. The summed E-state index contributed by atoms with van der Waals surface area (Å²) in [6, 6.07) is 1.94. The molecule has 3 N–H and O–H groups in total. The van der Waals surface area contributed by atoms with Crippen LogP contribution in [0.4, 0.5) is 5.95 Å². The molecule has 300 valence electrons. The van der Waals surface area contributed by atoms with Gasteiger partial charge in [0, 0.05) is 36.0 Å². The Morgan fingerprint density at radius 2 is 1.96 bits per heavy atom. The first-order valence-corrected chi connectivity index (χ1v) is 20.6. The lowest BCUT2D eigenvalue weighted by atomic mass is 10.0. The van der Waals surface area contributed by atoms with E-state index in [0.717, 1.165) is 0 Å². The normalized spacial score (nSPS) is 22.5. The summed E-state index contributed by atoms with van der Waals surface area (Å²) in [5.41, 5.74) is -0.602. The number of anilines is 1. The lowest BCUT2D eigenvalue weighted by Crippen LogP contribution is -2.28. The molecule has 0 radical (unpaired) electrons. The number of aliphatic hydroxyl groups is 1. The van der Waals surface area contributed by atoms with E-state index in [9.17, 15) is 24.1 Å². The van der Waals surface area contributed by atoms with E-state index in [1.54, 1.807) is 18.4 Å². The summed E-state index contributed by atoms with van der Waals surface area (Å²) in [5, 5.41) is 26.6. The number of amides is 1. The summed E-state index contributed by atoms with van der Waals surface area (Å²) >= 11 is 9.27. The summed E-state index contributed by atoms with van der Waals surface area (Å²) in [4.78, 5) is 53.2. The minimum atomic E-state index is -3.99. The number of aliphatic hydroxyl groups excluding tert-OH is 1. The smallest absolute Gasteiger partial charge is 0.386 e. The number of hydrogen-bond acceptors (Lipinski definition) is 17. The predicted octanol–water partition coefficient (Wildman–Crippen LogP) is 2.42. The number of thiol groups is 1. The lowest BCUT2D eigenvalue weighted by molar-refractivity contribution is -0.118. The average molecular weight is 835 g/mol. The van der Waals surface area contributed by atoms with Crippen LogP contribution in [0.5, 0.6) is 0 Å². The van der Waals surface area contributed by atoms with Crippen molar-refractivity contribution in [3.8, 4) is 6.07 Å². The minimum Gasteiger partial charge on any atom is -0.490 e. The zero-order chi connectivity index (χ0) is 40.0. The molecule has 6 heterocycles. The van der Waals surface area contributed by atoms with Gasteiger partial charge < -0.3 is 28.6 Å². The average Bonchev–Trinajstić information content (AvgIpc) is 4.00. The van der Waals surface area contributed by atoms with Crippen molar-refractivity contribution < 1.29 is 42.5 Å². The number of hydrogen-bond donors (Lipinski definition) is 4. The third-order valence-corrected chi connectivity index (χ3v) is 10.8. The molecule has 4 aromatic heterocycles. The molecule has 2 fully saturated rings.